The van der Waals surface area contributed by atoms with Gasteiger partial charge >= 0.3 is 0 Å². The van der Waals surface area contributed by atoms with Gasteiger partial charge in [0.25, 0.3) is 5.97 Å². The highest BCUT2D eigenvalue weighted by Gasteiger charge is 2.42. The van der Waals surface area contributed by atoms with Crippen LogP contribution in [0.1, 0.15) is 103 Å². The van der Waals surface area contributed by atoms with E-state index in [1.165, 1.54) is 49.7 Å². The molecular formula is C27H47BrO3. The number of rotatable bonds is 20. The maximum atomic E-state index is 6.41. The molecule has 0 N–H and O–H groups in total. The van der Waals surface area contributed by atoms with Crippen LogP contribution in [0.4, 0.5) is 0 Å². The Balaban J connectivity index is 3.03. The second kappa shape index (κ2) is 18.1. The number of halogens is 1. The van der Waals surface area contributed by atoms with E-state index in [2.05, 4.69) is 67.9 Å². The summed E-state index contributed by atoms with van der Waals surface area (Å²) < 4.78 is 19.2. The Labute approximate surface area is 200 Å². The van der Waals surface area contributed by atoms with Crippen LogP contribution in [0.2, 0.25) is 0 Å². The lowest BCUT2D eigenvalue weighted by Gasteiger charge is -2.40. The summed E-state index contributed by atoms with van der Waals surface area (Å²) in [6, 6.07) is 8.91. The van der Waals surface area contributed by atoms with E-state index in [0.29, 0.717) is 19.8 Å². The zero-order valence-corrected chi connectivity index (χ0v) is 22.2. The van der Waals surface area contributed by atoms with E-state index in [1.54, 1.807) is 0 Å². The minimum atomic E-state index is -0.945. The first-order valence-electron chi connectivity index (χ1n) is 12.7. The van der Waals surface area contributed by atoms with Crippen molar-refractivity contribution < 1.29 is 14.2 Å². The van der Waals surface area contributed by atoms with Crippen LogP contribution >= 0.6 is 15.9 Å². The standard InChI is InChI=1S/C27H47BrO3/c1-5-9-10-11-12-13-14-26(22-24-15-17-25(23-28)18-16-24)27(29-19-6-2,30-20-7-3)31-21-8-4/h15-18,26H,5-14,19-23H2,1-4H3. The molecule has 1 aromatic carbocycles. The van der Waals surface area contributed by atoms with Crippen molar-refractivity contribution in [3.8, 4) is 0 Å². The molecule has 0 aliphatic heterocycles. The second-order valence-corrected chi connectivity index (χ2v) is 9.12. The molecule has 0 heterocycles. The summed E-state index contributed by atoms with van der Waals surface area (Å²) in [6.45, 7) is 10.7. The smallest absolute Gasteiger partial charge is 0.286 e. The number of hydrogen-bond acceptors (Lipinski definition) is 3. The number of alkyl halides is 1. The van der Waals surface area contributed by atoms with Crippen molar-refractivity contribution in [2.24, 2.45) is 5.92 Å². The minimum Gasteiger partial charge on any atom is -0.327 e. The Morgan fingerprint density at radius 1 is 0.677 bits per heavy atom. The summed E-state index contributed by atoms with van der Waals surface area (Å²) >= 11 is 3.55. The molecule has 0 aliphatic rings. The second-order valence-electron chi connectivity index (χ2n) is 8.56. The fourth-order valence-electron chi connectivity index (χ4n) is 3.84. The highest BCUT2D eigenvalue weighted by atomic mass is 79.9. The van der Waals surface area contributed by atoms with Crippen molar-refractivity contribution in [1.82, 2.24) is 0 Å². The van der Waals surface area contributed by atoms with Crippen LogP contribution in [0.5, 0.6) is 0 Å². The number of benzene rings is 1. The number of hydrogen-bond donors (Lipinski definition) is 0. The molecule has 1 unspecified atom stereocenters. The van der Waals surface area contributed by atoms with Gasteiger partial charge in [-0.15, -0.1) is 0 Å². The highest BCUT2D eigenvalue weighted by Crippen LogP contribution is 2.34. The van der Waals surface area contributed by atoms with Gasteiger partial charge in [0.05, 0.1) is 19.8 Å². The molecule has 1 atom stereocenters. The molecule has 0 aliphatic carbocycles. The lowest BCUT2D eigenvalue weighted by Crippen LogP contribution is -2.48. The van der Waals surface area contributed by atoms with Gasteiger partial charge < -0.3 is 14.2 Å². The van der Waals surface area contributed by atoms with E-state index in [1.807, 2.05) is 0 Å². The van der Waals surface area contributed by atoms with Crippen molar-refractivity contribution in [2.45, 2.75) is 110 Å². The predicted molar refractivity (Wildman–Crippen MR) is 136 cm³/mol. The van der Waals surface area contributed by atoms with Gasteiger partial charge in [0.1, 0.15) is 0 Å². The minimum absolute atomic E-state index is 0.179. The molecular weight excluding hydrogens is 452 g/mol. The van der Waals surface area contributed by atoms with Gasteiger partial charge in [-0.3, -0.25) is 0 Å². The van der Waals surface area contributed by atoms with E-state index in [0.717, 1.165) is 37.4 Å². The third-order valence-electron chi connectivity index (χ3n) is 5.59. The van der Waals surface area contributed by atoms with Gasteiger partial charge in [-0.25, -0.2) is 0 Å². The first-order valence-corrected chi connectivity index (χ1v) is 13.8. The molecule has 0 fully saturated rings. The summed E-state index contributed by atoms with van der Waals surface area (Å²) in [4.78, 5) is 0. The van der Waals surface area contributed by atoms with Gasteiger partial charge in [0.15, 0.2) is 0 Å². The number of ether oxygens (including phenoxy) is 3. The monoisotopic (exact) mass is 498 g/mol. The fourth-order valence-corrected chi connectivity index (χ4v) is 4.21. The van der Waals surface area contributed by atoms with Crippen LogP contribution in [0, 0.1) is 5.92 Å². The Kier molecular flexibility index (Phi) is 16.7. The Hall–Kier alpha value is -0.420. The van der Waals surface area contributed by atoms with Crippen molar-refractivity contribution >= 4 is 15.9 Å². The summed E-state index contributed by atoms with van der Waals surface area (Å²) in [5.41, 5.74) is 2.62. The molecule has 0 bridgehead atoms. The van der Waals surface area contributed by atoms with Crippen molar-refractivity contribution in [2.75, 3.05) is 19.8 Å². The fraction of sp³-hybridized carbons (Fsp3) is 0.778. The van der Waals surface area contributed by atoms with Crippen LogP contribution in [0.25, 0.3) is 0 Å². The number of unbranched alkanes of at least 4 members (excludes halogenated alkanes) is 5. The topological polar surface area (TPSA) is 27.7 Å². The maximum absolute atomic E-state index is 6.41. The average Bonchev–Trinajstić information content (AvgIpc) is 2.81. The Morgan fingerprint density at radius 2 is 1.16 bits per heavy atom. The van der Waals surface area contributed by atoms with E-state index >= 15 is 0 Å². The lowest BCUT2D eigenvalue weighted by molar-refractivity contribution is -0.406. The van der Waals surface area contributed by atoms with Crippen molar-refractivity contribution in [3.63, 3.8) is 0 Å². The normalized spacial score (nSPS) is 12.9. The lowest BCUT2D eigenvalue weighted by atomic mass is 9.90. The van der Waals surface area contributed by atoms with Gasteiger partial charge in [-0.05, 0) is 43.2 Å². The summed E-state index contributed by atoms with van der Waals surface area (Å²) in [5, 5.41) is 0.886. The first kappa shape index (κ1) is 28.6. The average molecular weight is 500 g/mol. The van der Waals surface area contributed by atoms with Gasteiger partial charge in [-0.2, -0.15) is 0 Å². The third-order valence-corrected chi connectivity index (χ3v) is 6.24. The van der Waals surface area contributed by atoms with Crippen molar-refractivity contribution in [3.05, 3.63) is 35.4 Å². The molecule has 0 amide bonds. The van der Waals surface area contributed by atoms with Crippen LogP contribution in [-0.2, 0) is 26.0 Å². The quantitative estimate of drug-likeness (QED) is 0.102. The van der Waals surface area contributed by atoms with Crippen LogP contribution in [-0.4, -0.2) is 25.8 Å². The first-order chi connectivity index (χ1) is 15.2. The predicted octanol–water partition coefficient (Wildman–Crippen LogP) is 8.42. The van der Waals surface area contributed by atoms with Crippen LogP contribution in [0.3, 0.4) is 0 Å². The van der Waals surface area contributed by atoms with Crippen molar-refractivity contribution in [1.29, 1.82) is 0 Å². The van der Waals surface area contributed by atoms with E-state index < -0.39 is 5.97 Å². The summed E-state index contributed by atoms with van der Waals surface area (Å²) in [6.07, 6.45) is 12.6. The van der Waals surface area contributed by atoms with Crippen LogP contribution in [0.15, 0.2) is 24.3 Å². The summed E-state index contributed by atoms with van der Waals surface area (Å²) in [7, 11) is 0. The SMILES string of the molecule is CCCCCCCCC(Cc1ccc(CBr)cc1)C(OCCC)(OCCC)OCCC. The van der Waals surface area contributed by atoms with Gasteiger partial charge in [0, 0.05) is 11.2 Å². The van der Waals surface area contributed by atoms with Gasteiger partial charge in [0.2, 0.25) is 0 Å². The molecule has 180 valence electrons. The molecule has 0 aromatic heterocycles. The molecule has 1 aromatic rings. The Bertz CT molecular complexity index is 510. The molecule has 0 radical (unpaired) electrons. The molecule has 31 heavy (non-hydrogen) atoms. The highest BCUT2D eigenvalue weighted by molar-refractivity contribution is 9.08. The third kappa shape index (κ3) is 11.3. The molecule has 1 rings (SSSR count). The zero-order valence-electron chi connectivity index (χ0n) is 20.6. The van der Waals surface area contributed by atoms with Gasteiger partial charge in [-0.1, -0.05) is 106 Å². The summed E-state index contributed by atoms with van der Waals surface area (Å²) in [5.74, 6) is -0.766. The molecule has 0 saturated heterocycles. The maximum Gasteiger partial charge on any atom is 0.286 e. The largest absolute Gasteiger partial charge is 0.327 e. The van der Waals surface area contributed by atoms with E-state index in [9.17, 15) is 0 Å². The molecule has 4 heteroatoms. The van der Waals surface area contributed by atoms with E-state index in [-0.39, 0.29) is 5.92 Å². The molecule has 3 nitrogen and oxygen atoms in total. The van der Waals surface area contributed by atoms with E-state index in [4.69, 9.17) is 14.2 Å². The molecule has 0 spiro atoms. The molecule has 0 saturated carbocycles. The van der Waals surface area contributed by atoms with Crippen LogP contribution < -0.4 is 0 Å². The Morgan fingerprint density at radius 3 is 1.65 bits per heavy atom. The zero-order chi connectivity index (χ0) is 22.8.